The number of rotatable bonds is 5. The van der Waals surface area contributed by atoms with E-state index in [-0.39, 0.29) is 0 Å². The third kappa shape index (κ3) is 2.38. The zero-order chi connectivity index (χ0) is 12.3. The Balaban J connectivity index is 2.42. The maximum atomic E-state index is 5.89. The molecule has 2 rings (SSSR count). The van der Waals surface area contributed by atoms with E-state index in [0.29, 0.717) is 11.3 Å². The highest BCUT2D eigenvalue weighted by Crippen LogP contribution is 2.17. The summed E-state index contributed by atoms with van der Waals surface area (Å²) in [6.45, 7) is 6.82. The normalized spacial score (nSPS) is 11.2. The highest BCUT2D eigenvalue weighted by molar-refractivity contribution is 5.81. The molecule has 2 aromatic heterocycles. The number of nitrogens with zero attached hydrogens (tertiary/aromatic N) is 4. The molecule has 2 heterocycles. The maximum Gasteiger partial charge on any atom is 0.165 e. The van der Waals surface area contributed by atoms with Gasteiger partial charge >= 0.3 is 0 Å². The minimum absolute atomic E-state index is 0.479. The van der Waals surface area contributed by atoms with Gasteiger partial charge in [-0.3, -0.25) is 0 Å². The van der Waals surface area contributed by atoms with E-state index in [2.05, 4.69) is 28.8 Å². The number of anilines is 1. The van der Waals surface area contributed by atoms with Crippen molar-refractivity contribution in [3.8, 4) is 0 Å². The van der Waals surface area contributed by atoms with Gasteiger partial charge in [0.2, 0.25) is 0 Å². The molecule has 0 fully saturated rings. The molecule has 0 saturated carbocycles. The van der Waals surface area contributed by atoms with Gasteiger partial charge in [-0.25, -0.2) is 15.0 Å². The number of aryl methyl sites for hydroxylation is 2. The third-order valence-electron chi connectivity index (χ3n) is 2.66. The van der Waals surface area contributed by atoms with Gasteiger partial charge in [-0.05, 0) is 12.8 Å². The van der Waals surface area contributed by atoms with Gasteiger partial charge in [-0.1, -0.05) is 20.3 Å². The van der Waals surface area contributed by atoms with E-state index in [0.717, 1.165) is 43.7 Å². The van der Waals surface area contributed by atoms with Crippen LogP contribution in [0, 0.1) is 6.92 Å². The summed E-state index contributed by atoms with van der Waals surface area (Å²) in [7, 11) is 0. The molecule has 17 heavy (non-hydrogen) atoms. The van der Waals surface area contributed by atoms with Crippen LogP contribution in [0.15, 0.2) is 6.33 Å². The molecule has 0 aliphatic rings. The monoisotopic (exact) mass is 232 g/mol. The van der Waals surface area contributed by atoms with Crippen molar-refractivity contribution < 1.29 is 0 Å². The smallest absolute Gasteiger partial charge is 0.165 e. The van der Waals surface area contributed by atoms with Gasteiger partial charge in [-0.15, -0.1) is 0 Å². The van der Waals surface area contributed by atoms with E-state index in [4.69, 9.17) is 5.73 Å². The van der Waals surface area contributed by atoms with E-state index >= 15 is 0 Å². The van der Waals surface area contributed by atoms with Crippen molar-refractivity contribution >= 4 is 17.0 Å². The van der Waals surface area contributed by atoms with Crippen LogP contribution in [-0.4, -0.2) is 19.5 Å². The average molecular weight is 232 g/mol. The highest BCUT2D eigenvalue weighted by Gasteiger charge is 2.10. The summed E-state index contributed by atoms with van der Waals surface area (Å²) >= 11 is 0. The Morgan fingerprint density at radius 3 is 2.94 bits per heavy atom. The van der Waals surface area contributed by atoms with Crippen molar-refractivity contribution in [3.05, 3.63) is 19.1 Å². The van der Waals surface area contributed by atoms with Gasteiger partial charge in [0.05, 0.1) is 6.33 Å². The van der Waals surface area contributed by atoms with Crippen molar-refractivity contribution in [1.29, 1.82) is 0 Å². The summed E-state index contributed by atoms with van der Waals surface area (Å²) in [5, 5.41) is 0. The summed E-state index contributed by atoms with van der Waals surface area (Å²) < 4.78 is 2.03. The van der Waals surface area contributed by atoms with Crippen molar-refractivity contribution in [1.82, 2.24) is 19.5 Å². The molecule has 2 N–H and O–H groups in total. The molecule has 0 saturated heterocycles. The molecular formula is C12H18N5. The second-order valence-electron chi connectivity index (χ2n) is 4.09. The molecule has 5 heteroatoms. The molecule has 2 aromatic rings. The fraction of sp³-hybridized carbons (Fsp3) is 0.500. The van der Waals surface area contributed by atoms with Crippen LogP contribution in [0.25, 0.3) is 11.2 Å². The molecule has 1 radical (unpaired) electrons. The summed E-state index contributed by atoms with van der Waals surface area (Å²) in [4.78, 5) is 13.1. The van der Waals surface area contributed by atoms with Gasteiger partial charge in [0.25, 0.3) is 0 Å². The first kappa shape index (κ1) is 11.8. The largest absolute Gasteiger partial charge is 0.382 e. The lowest BCUT2D eigenvalue weighted by atomic mass is 10.3. The van der Waals surface area contributed by atoms with Crippen LogP contribution in [0.5, 0.6) is 0 Å². The third-order valence-corrected chi connectivity index (χ3v) is 2.66. The summed E-state index contributed by atoms with van der Waals surface area (Å²) in [5.74, 6) is 1.28. The fourth-order valence-electron chi connectivity index (χ4n) is 1.79. The first-order valence-electron chi connectivity index (χ1n) is 6.02. The van der Waals surface area contributed by atoms with Gasteiger partial charge in [0.1, 0.15) is 11.3 Å². The second-order valence-corrected chi connectivity index (χ2v) is 4.09. The van der Waals surface area contributed by atoms with Gasteiger partial charge in [-0.2, -0.15) is 0 Å². The quantitative estimate of drug-likeness (QED) is 0.855. The van der Waals surface area contributed by atoms with Gasteiger partial charge < -0.3 is 10.3 Å². The average Bonchev–Trinajstić information content (AvgIpc) is 2.70. The van der Waals surface area contributed by atoms with E-state index in [1.54, 1.807) is 6.33 Å². The minimum Gasteiger partial charge on any atom is -0.382 e. The molecule has 0 aromatic carbocycles. The zero-order valence-corrected chi connectivity index (χ0v) is 10.2. The lowest BCUT2D eigenvalue weighted by molar-refractivity contribution is 0.658. The molecule has 0 atom stereocenters. The molecule has 0 amide bonds. The second kappa shape index (κ2) is 5.12. The van der Waals surface area contributed by atoms with Crippen LogP contribution in [-0.2, 0) is 13.0 Å². The SMILES string of the molecule is [CH2]CCCn1cnc2c(N)nc(CCC)nc21. The predicted molar refractivity (Wildman–Crippen MR) is 68.3 cm³/mol. The first-order valence-corrected chi connectivity index (χ1v) is 6.02. The summed E-state index contributed by atoms with van der Waals surface area (Å²) in [6.07, 6.45) is 5.56. The Labute approximate surface area is 101 Å². The number of imidazole rings is 1. The van der Waals surface area contributed by atoms with Gasteiger partial charge in [0, 0.05) is 13.0 Å². The lowest BCUT2D eigenvalue weighted by Crippen LogP contribution is -2.04. The molecule has 5 nitrogen and oxygen atoms in total. The molecule has 0 bridgehead atoms. The maximum absolute atomic E-state index is 5.89. The number of hydrogen-bond donors (Lipinski definition) is 1. The standard InChI is InChI=1S/C12H18N5/c1-3-5-7-17-8-14-10-11(13)15-9(6-4-2)16-12(10)17/h8H,1,3-7H2,2H3,(H2,13,15,16). The molecular weight excluding hydrogens is 214 g/mol. The fourth-order valence-corrected chi connectivity index (χ4v) is 1.79. The van der Waals surface area contributed by atoms with E-state index in [1.165, 1.54) is 0 Å². The first-order chi connectivity index (χ1) is 8.26. The Hall–Kier alpha value is -1.65. The zero-order valence-electron chi connectivity index (χ0n) is 10.2. The van der Waals surface area contributed by atoms with Gasteiger partial charge in [0.15, 0.2) is 11.5 Å². The molecule has 0 aliphatic carbocycles. The number of fused-ring (bicyclic) bond motifs is 1. The van der Waals surface area contributed by atoms with Crippen molar-refractivity contribution in [2.45, 2.75) is 39.2 Å². The number of unbranched alkanes of at least 4 members (excludes halogenated alkanes) is 1. The van der Waals surface area contributed by atoms with Crippen LogP contribution in [0.3, 0.4) is 0 Å². The topological polar surface area (TPSA) is 69.6 Å². The summed E-state index contributed by atoms with van der Waals surface area (Å²) in [6, 6.07) is 0. The Kier molecular flexibility index (Phi) is 3.56. The van der Waals surface area contributed by atoms with Crippen LogP contribution in [0.4, 0.5) is 5.82 Å². The van der Waals surface area contributed by atoms with Crippen LogP contribution >= 0.6 is 0 Å². The van der Waals surface area contributed by atoms with Crippen LogP contribution < -0.4 is 5.73 Å². The van der Waals surface area contributed by atoms with E-state index in [1.807, 2.05) is 4.57 Å². The summed E-state index contributed by atoms with van der Waals surface area (Å²) in [5.41, 5.74) is 7.43. The van der Waals surface area contributed by atoms with Crippen molar-refractivity contribution in [2.75, 3.05) is 5.73 Å². The number of nitrogen functional groups attached to an aromatic ring is 1. The predicted octanol–water partition coefficient (Wildman–Crippen LogP) is 1.98. The lowest BCUT2D eigenvalue weighted by Gasteiger charge is -2.04. The Morgan fingerprint density at radius 1 is 1.41 bits per heavy atom. The van der Waals surface area contributed by atoms with Crippen molar-refractivity contribution in [3.63, 3.8) is 0 Å². The molecule has 0 unspecified atom stereocenters. The molecule has 91 valence electrons. The Bertz CT molecular complexity index is 503. The number of nitrogens with two attached hydrogens (primary N) is 1. The van der Waals surface area contributed by atoms with E-state index in [9.17, 15) is 0 Å². The minimum atomic E-state index is 0.479. The van der Waals surface area contributed by atoms with Crippen LogP contribution in [0.2, 0.25) is 0 Å². The van der Waals surface area contributed by atoms with Crippen molar-refractivity contribution in [2.24, 2.45) is 0 Å². The highest BCUT2D eigenvalue weighted by atomic mass is 15.1. The molecule has 0 spiro atoms. The number of hydrogen-bond acceptors (Lipinski definition) is 4. The Morgan fingerprint density at radius 2 is 2.24 bits per heavy atom. The molecule has 0 aliphatic heterocycles. The van der Waals surface area contributed by atoms with E-state index < -0.39 is 0 Å². The number of aromatic nitrogens is 4. The van der Waals surface area contributed by atoms with Crippen LogP contribution in [0.1, 0.15) is 32.0 Å².